The Kier molecular flexibility index (Phi) is 5.47. The zero-order chi connectivity index (χ0) is 15.2. The largest absolute Gasteiger partial charge is 0.385 e. The van der Waals surface area contributed by atoms with Gasteiger partial charge in [-0.3, -0.25) is 4.79 Å². The molecule has 2 aromatic rings. The van der Waals surface area contributed by atoms with Crippen LogP contribution in [-0.4, -0.2) is 31.2 Å². The third-order valence-corrected chi connectivity index (χ3v) is 4.33. The lowest BCUT2D eigenvalue weighted by atomic mass is 10.1. The van der Waals surface area contributed by atoms with E-state index < -0.39 is 0 Å². The van der Waals surface area contributed by atoms with Crippen molar-refractivity contribution in [2.24, 2.45) is 0 Å². The van der Waals surface area contributed by atoms with Crippen molar-refractivity contribution in [3.05, 3.63) is 40.4 Å². The first-order valence-corrected chi connectivity index (χ1v) is 7.75. The van der Waals surface area contributed by atoms with Gasteiger partial charge in [0.2, 0.25) is 0 Å². The molecular weight excluding hydrogens is 284 g/mol. The van der Waals surface area contributed by atoms with Gasteiger partial charge in [-0.1, -0.05) is 12.1 Å². The third-order valence-electron chi connectivity index (χ3n) is 3.21. The Morgan fingerprint density at radius 2 is 2.19 bits per heavy atom. The van der Waals surface area contributed by atoms with Crippen LogP contribution in [0.3, 0.4) is 0 Å². The van der Waals surface area contributed by atoms with Crippen LogP contribution in [0.5, 0.6) is 0 Å². The van der Waals surface area contributed by atoms with Crippen LogP contribution in [0, 0.1) is 13.8 Å². The maximum Gasteiger partial charge on any atom is 0.251 e. The summed E-state index contributed by atoms with van der Waals surface area (Å²) in [6, 6.07) is 7.59. The van der Waals surface area contributed by atoms with E-state index in [2.05, 4.69) is 17.2 Å². The monoisotopic (exact) mass is 304 g/mol. The molecule has 0 saturated carbocycles. The fourth-order valence-electron chi connectivity index (χ4n) is 1.91. The molecule has 0 spiro atoms. The Balaban J connectivity index is 2.08. The summed E-state index contributed by atoms with van der Waals surface area (Å²) < 4.78 is 4.96. The van der Waals surface area contributed by atoms with E-state index in [1.54, 1.807) is 18.4 Å². The molecule has 1 N–H and O–H groups in total. The number of thiazole rings is 1. The summed E-state index contributed by atoms with van der Waals surface area (Å²) in [5, 5.41) is 3.85. The van der Waals surface area contributed by atoms with Gasteiger partial charge in [0.1, 0.15) is 5.01 Å². The van der Waals surface area contributed by atoms with Crippen LogP contribution in [-0.2, 0) is 4.74 Å². The van der Waals surface area contributed by atoms with Gasteiger partial charge in [-0.2, -0.15) is 0 Å². The smallest absolute Gasteiger partial charge is 0.251 e. The Labute approximate surface area is 129 Å². The molecule has 0 aliphatic carbocycles. The lowest BCUT2D eigenvalue weighted by molar-refractivity contribution is 0.0948. The van der Waals surface area contributed by atoms with Crippen LogP contribution in [0.15, 0.2) is 24.3 Å². The summed E-state index contributed by atoms with van der Waals surface area (Å²) in [6.07, 6.45) is 0.812. The predicted molar refractivity (Wildman–Crippen MR) is 85.9 cm³/mol. The van der Waals surface area contributed by atoms with E-state index in [1.807, 2.05) is 31.2 Å². The minimum Gasteiger partial charge on any atom is -0.385 e. The normalized spacial score (nSPS) is 10.6. The third kappa shape index (κ3) is 4.12. The van der Waals surface area contributed by atoms with Crippen molar-refractivity contribution in [1.82, 2.24) is 10.3 Å². The molecule has 1 aromatic carbocycles. The highest BCUT2D eigenvalue weighted by atomic mass is 32.1. The van der Waals surface area contributed by atoms with Gasteiger partial charge in [0.25, 0.3) is 5.91 Å². The van der Waals surface area contributed by atoms with Crippen molar-refractivity contribution in [2.75, 3.05) is 20.3 Å². The van der Waals surface area contributed by atoms with E-state index in [1.165, 1.54) is 4.88 Å². The van der Waals surface area contributed by atoms with Crippen molar-refractivity contribution in [3.63, 3.8) is 0 Å². The Hall–Kier alpha value is -1.72. The molecule has 4 nitrogen and oxygen atoms in total. The molecule has 1 heterocycles. The van der Waals surface area contributed by atoms with Gasteiger partial charge in [-0.15, -0.1) is 11.3 Å². The van der Waals surface area contributed by atoms with Crippen molar-refractivity contribution >= 4 is 17.2 Å². The van der Waals surface area contributed by atoms with Crippen LogP contribution >= 0.6 is 11.3 Å². The van der Waals surface area contributed by atoms with Gasteiger partial charge in [0, 0.05) is 36.3 Å². The molecule has 0 aliphatic rings. The molecule has 0 unspecified atom stereocenters. The molecule has 1 aromatic heterocycles. The number of aryl methyl sites for hydroxylation is 2. The van der Waals surface area contributed by atoms with E-state index in [-0.39, 0.29) is 5.91 Å². The zero-order valence-electron chi connectivity index (χ0n) is 12.6. The minimum absolute atomic E-state index is 0.0575. The highest BCUT2D eigenvalue weighted by Crippen LogP contribution is 2.27. The second kappa shape index (κ2) is 7.33. The molecular formula is C16H20N2O2S. The van der Waals surface area contributed by atoms with E-state index in [0.29, 0.717) is 18.7 Å². The molecule has 21 heavy (non-hydrogen) atoms. The summed E-state index contributed by atoms with van der Waals surface area (Å²) >= 11 is 1.65. The highest BCUT2D eigenvalue weighted by Gasteiger charge is 2.10. The first kappa shape index (κ1) is 15.7. The number of ether oxygens (including phenoxy) is 1. The van der Waals surface area contributed by atoms with Gasteiger partial charge in [-0.05, 0) is 32.4 Å². The Morgan fingerprint density at radius 1 is 1.38 bits per heavy atom. The SMILES string of the molecule is COCCCNC(=O)c1cccc(-c2nc(C)c(C)s2)c1. The molecule has 0 saturated heterocycles. The number of benzene rings is 1. The Morgan fingerprint density at radius 3 is 2.86 bits per heavy atom. The number of carbonyl (C=O) groups excluding carboxylic acids is 1. The maximum absolute atomic E-state index is 12.1. The lowest BCUT2D eigenvalue weighted by Gasteiger charge is -2.06. The number of rotatable bonds is 6. The lowest BCUT2D eigenvalue weighted by Crippen LogP contribution is -2.25. The zero-order valence-corrected chi connectivity index (χ0v) is 13.4. The second-order valence-corrected chi connectivity index (χ2v) is 6.05. The number of hydrogen-bond acceptors (Lipinski definition) is 4. The summed E-state index contributed by atoms with van der Waals surface area (Å²) in [5.41, 5.74) is 2.69. The van der Waals surface area contributed by atoms with Crippen LogP contribution in [0.2, 0.25) is 0 Å². The molecule has 0 atom stereocenters. The van der Waals surface area contributed by atoms with Crippen molar-refractivity contribution < 1.29 is 9.53 Å². The van der Waals surface area contributed by atoms with Gasteiger partial charge in [-0.25, -0.2) is 4.98 Å². The van der Waals surface area contributed by atoms with Gasteiger partial charge in [0.05, 0.1) is 5.69 Å². The van der Waals surface area contributed by atoms with Gasteiger partial charge >= 0.3 is 0 Å². The average Bonchev–Trinajstić information content (AvgIpc) is 2.83. The first-order chi connectivity index (χ1) is 10.1. The summed E-state index contributed by atoms with van der Waals surface area (Å²) in [6.45, 7) is 5.33. The number of methoxy groups -OCH3 is 1. The molecule has 0 fully saturated rings. The fourth-order valence-corrected chi connectivity index (χ4v) is 2.82. The average molecular weight is 304 g/mol. The van der Waals surface area contributed by atoms with Crippen LogP contribution in [0.4, 0.5) is 0 Å². The van der Waals surface area contributed by atoms with E-state index in [4.69, 9.17) is 4.74 Å². The number of amides is 1. The molecule has 0 radical (unpaired) electrons. The molecule has 0 aliphatic heterocycles. The molecule has 2 rings (SSSR count). The minimum atomic E-state index is -0.0575. The van der Waals surface area contributed by atoms with Crippen molar-refractivity contribution in [1.29, 1.82) is 0 Å². The summed E-state index contributed by atoms with van der Waals surface area (Å²) in [4.78, 5) is 17.8. The molecule has 1 amide bonds. The summed E-state index contributed by atoms with van der Waals surface area (Å²) in [5.74, 6) is -0.0575. The fraction of sp³-hybridized carbons (Fsp3) is 0.375. The van der Waals surface area contributed by atoms with E-state index >= 15 is 0 Å². The molecule has 5 heteroatoms. The van der Waals surface area contributed by atoms with Gasteiger partial charge in [0.15, 0.2) is 0 Å². The van der Waals surface area contributed by atoms with Crippen LogP contribution in [0.1, 0.15) is 27.3 Å². The van der Waals surface area contributed by atoms with Crippen LogP contribution in [0.25, 0.3) is 10.6 Å². The second-order valence-electron chi connectivity index (χ2n) is 4.84. The number of hydrogen-bond donors (Lipinski definition) is 1. The van der Waals surface area contributed by atoms with Gasteiger partial charge < -0.3 is 10.1 Å². The standard InChI is InChI=1S/C16H20N2O2S/c1-11-12(2)21-16(18-11)14-7-4-6-13(10-14)15(19)17-8-5-9-20-3/h4,6-7,10H,5,8-9H2,1-3H3,(H,17,19). The first-order valence-electron chi connectivity index (χ1n) is 6.93. The van der Waals surface area contributed by atoms with Crippen molar-refractivity contribution in [3.8, 4) is 10.6 Å². The number of carbonyl (C=O) groups is 1. The topological polar surface area (TPSA) is 51.2 Å². The summed E-state index contributed by atoms with van der Waals surface area (Å²) in [7, 11) is 1.66. The molecule has 0 bridgehead atoms. The predicted octanol–water partition coefficient (Wildman–Crippen LogP) is 3.19. The van der Waals surface area contributed by atoms with Crippen molar-refractivity contribution in [2.45, 2.75) is 20.3 Å². The van der Waals surface area contributed by atoms with E-state index in [9.17, 15) is 4.79 Å². The number of aromatic nitrogens is 1. The van der Waals surface area contributed by atoms with Crippen LogP contribution < -0.4 is 5.32 Å². The Bertz CT molecular complexity index is 603. The van der Waals surface area contributed by atoms with E-state index in [0.717, 1.165) is 22.7 Å². The maximum atomic E-state index is 12.1. The number of nitrogens with one attached hydrogen (secondary N) is 1. The molecule has 112 valence electrons. The highest BCUT2D eigenvalue weighted by molar-refractivity contribution is 7.15. The number of nitrogens with zero attached hydrogens (tertiary/aromatic N) is 1. The quantitative estimate of drug-likeness (QED) is 0.834.